The number of aromatic amines is 1. The van der Waals surface area contributed by atoms with Crippen molar-refractivity contribution in [2.24, 2.45) is 0 Å². The molecule has 3 aromatic heterocycles. The van der Waals surface area contributed by atoms with Crippen LogP contribution in [0.25, 0.3) is 17.2 Å². The molecule has 12 nitrogen and oxygen atoms in total. The molecule has 0 aliphatic rings. The Balaban J connectivity index is 1.81. The van der Waals surface area contributed by atoms with Crippen molar-refractivity contribution in [2.75, 3.05) is 14.2 Å². The molecule has 0 spiro atoms. The summed E-state index contributed by atoms with van der Waals surface area (Å²) >= 11 is 0. The molecule has 0 saturated heterocycles. The van der Waals surface area contributed by atoms with Crippen molar-refractivity contribution in [1.29, 1.82) is 0 Å². The molecule has 0 saturated carbocycles. The Kier molecular flexibility index (Phi) is 7.04. The number of ether oxygens (including phenoxy) is 2. The molecule has 4 rings (SSSR count). The maximum atomic E-state index is 13.4. The lowest BCUT2D eigenvalue weighted by Gasteiger charge is -2.20. The second-order valence-corrected chi connectivity index (χ2v) is 10.7. The molecular formula is C23H27N7O5S. The van der Waals surface area contributed by atoms with Crippen molar-refractivity contribution in [1.82, 2.24) is 34.9 Å². The van der Waals surface area contributed by atoms with Crippen LogP contribution in [-0.4, -0.2) is 67.9 Å². The number of benzene rings is 1. The van der Waals surface area contributed by atoms with Crippen molar-refractivity contribution in [3.63, 3.8) is 0 Å². The standard InChI is InChI=1S/C23H27N7O5S/c1-13-10-24-22(25-11-13)21(31)15(3)36(32,33)12-19-28-29-23(16-9-14(2)26-27-16)30(19)20-17(34-4)7-6-8-18(20)35-5/h6-11,15,21,31H,12H2,1-5H3,(H,26,27)/t15-,21-/m0/s1. The number of aromatic nitrogens is 7. The molecule has 0 unspecified atom stereocenters. The first-order valence-corrected chi connectivity index (χ1v) is 12.7. The van der Waals surface area contributed by atoms with Crippen molar-refractivity contribution < 1.29 is 23.0 Å². The zero-order valence-corrected chi connectivity index (χ0v) is 21.3. The predicted octanol–water partition coefficient (Wildman–Crippen LogP) is 2.12. The SMILES string of the molecule is COc1cccc(OC)c1-n1c(CS(=O)(=O)[C@@H](C)[C@H](O)c2ncc(C)cn2)nnc1-c1cc(C)[nH]n1. The number of aliphatic hydroxyl groups is 1. The number of methoxy groups -OCH3 is 2. The highest BCUT2D eigenvalue weighted by molar-refractivity contribution is 7.91. The molecule has 1 aromatic carbocycles. The van der Waals surface area contributed by atoms with E-state index in [0.29, 0.717) is 28.7 Å². The normalized spacial score (nSPS) is 13.4. The molecule has 0 radical (unpaired) electrons. The smallest absolute Gasteiger partial charge is 0.189 e. The first kappa shape index (κ1) is 25.3. The molecule has 13 heteroatoms. The summed E-state index contributed by atoms with van der Waals surface area (Å²) in [5.74, 6) is 0.719. The van der Waals surface area contributed by atoms with Crippen LogP contribution in [0.15, 0.2) is 36.7 Å². The van der Waals surface area contributed by atoms with Crippen molar-refractivity contribution >= 4 is 9.84 Å². The van der Waals surface area contributed by atoms with Gasteiger partial charge in [0.1, 0.15) is 34.7 Å². The lowest BCUT2D eigenvalue weighted by atomic mass is 10.2. The lowest BCUT2D eigenvalue weighted by Crippen LogP contribution is -2.29. The van der Waals surface area contributed by atoms with Gasteiger partial charge < -0.3 is 14.6 Å². The Morgan fingerprint density at radius 3 is 2.28 bits per heavy atom. The monoisotopic (exact) mass is 513 g/mol. The number of H-pyrrole nitrogens is 1. The van der Waals surface area contributed by atoms with E-state index in [1.165, 1.54) is 33.5 Å². The number of rotatable bonds is 9. The Bertz CT molecular complexity index is 1440. The van der Waals surface area contributed by atoms with Crippen LogP contribution in [0.3, 0.4) is 0 Å². The fraction of sp³-hybridized carbons (Fsp3) is 0.348. The van der Waals surface area contributed by atoms with Crippen LogP contribution in [0, 0.1) is 13.8 Å². The van der Waals surface area contributed by atoms with Crippen LogP contribution in [0.5, 0.6) is 11.5 Å². The summed E-state index contributed by atoms with van der Waals surface area (Å²) in [6.07, 6.45) is 1.61. The molecule has 2 N–H and O–H groups in total. The van der Waals surface area contributed by atoms with E-state index in [0.717, 1.165) is 11.3 Å². The number of hydrogen-bond donors (Lipinski definition) is 2. The van der Waals surface area contributed by atoms with E-state index in [-0.39, 0.29) is 11.6 Å². The van der Waals surface area contributed by atoms with E-state index in [2.05, 4.69) is 30.4 Å². The quantitative estimate of drug-likeness (QED) is 0.339. The second-order valence-electron chi connectivity index (χ2n) is 8.30. The highest BCUT2D eigenvalue weighted by Gasteiger charge is 2.34. The first-order valence-electron chi connectivity index (χ1n) is 11.0. The van der Waals surface area contributed by atoms with Gasteiger partial charge in [0.2, 0.25) is 0 Å². The van der Waals surface area contributed by atoms with Gasteiger partial charge in [-0.3, -0.25) is 9.67 Å². The van der Waals surface area contributed by atoms with Crippen molar-refractivity contribution in [2.45, 2.75) is 37.9 Å². The van der Waals surface area contributed by atoms with E-state index in [1.54, 1.807) is 35.8 Å². The summed E-state index contributed by atoms with van der Waals surface area (Å²) in [5, 5.41) is 25.1. The average molecular weight is 514 g/mol. The third kappa shape index (κ3) is 4.79. The predicted molar refractivity (Wildman–Crippen MR) is 131 cm³/mol. The fourth-order valence-corrected chi connectivity index (χ4v) is 4.99. The van der Waals surface area contributed by atoms with Gasteiger partial charge in [-0.05, 0) is 44.5 Å². The van der Waals surface area contributed by atoms with Gasteiger partial charge in [0.05, 0.1) is 19.5 Å². The van der Waals surface area contributed by atoms with Gasteiger partial charge in [0.25, 0.3) is 0 Å². The molecule has 3 heterocycles. The van der Waals surface area contributed by atoms with E-state index in [4.69, 9.17) is 9.47 Å². The Hall–Kier alpha value is -3.84. The highest BCUT2D eigenvalue weighted by atomic mass is 32.2. The number of hydrogen-bond acceptors (Lipinski definition) is 10. The summed E-state index contributed by atoms with van der Waals surface area (Å²) in [6, 6.07) is 6.95. The maximum absolute atomic E-state index is 13.4. The maximum Gasteiger partial charge on any atom is 0.189 e. The highest BCUT2D eigenvalue weighted by Crippen LogP contribution is 2.36. The van der Waals surface area contributed by atoms with Gasteiger partial charge in [-0.15, -0.1) is 10.2 Å². The summed E-state index contributed by atoms with van der Waals surface area (Å²) in [7, 11) is -0.972. The van der Waals surface area contributed by atoms with Gasteiger partial charge in [-0.2, -0.15) is 5.10 Å². The third-order valence-electron chi connectivity index (χ3n) is 5.70. The molecule has 0 aliphatic heterocycles. The minimum Gasteiger partial charge on any atom is -0.494 e. The zero-order chi connectivity index (χ0) is 26.0. The van der Waals surface area contributed by atoms with Crippen molar-refractivity contribution in [3.05, 3.63) is 59.6 Å². The third-order valence-corrected chi connectivity index (χ3v) is 7.75. The molecule has 0 aliphatic carbocycles. The zero-order valence-electron chi connectivity index (χ0n) is 20.5. The topological polar surface area (TPSA) is 158 Å². The van der Waals surface area contributed by atoms with Gasteiger partial charge in [0, 0.05) is 18.1 Å². The lowest BCUT2D eigenvalue weighted by molar-refractivity contribution is 0.166. The largest absolute Gasteiger partial charge is 0.494 e. The Labute approximate surface area is 208 Å². The van der Waals surface area contributed by atoms with Crippen LogP contribution in [0.1, 0.15) is 35.9 Å². The number of para-hydroxylation sites is 1. The summed E-state index contributed by atoms with van der Waals surface area (Å²) in [4.78, 5) is 8.15. The Morgan fingerprint density at radius 1 is 1.08 bits per heavy atom. The fourth-order valence-electron chi connectivity index (χ4n) is 3.67. The molecular weight excluding hydrogens is 486 g/mol. The number of sulfone groups is 1. The van der Waals surface area contributed by atoms with Crippen LogP contribution < -0.4 is 9.47 Å². The van der Waals surface area contributed by atoms with Gasteiger partial charge >= 0.3 is 0 Å². The van der Waals surface area contributed by atoms with E-state index in [1.807, 2.05) is 6.92 Å². The molecule has 0 fully saturated rings. The van der Waals surface area contributed by atoms with Gasteiger partial charge in [0.15, 0.2) is 27.3 Å². The van der Waals surface area contributed by atoms with Gasteiger partial charge in [-0.1, -0.05) is 6.07 Å². The van der Waals surface area contributed by atoms with Gasteiger partial charge in [-0.25, -0.2) is 18.4 Å². The number of aryl methyl sites for hydroxylation is 2. The number of aliphatic hydroxyl groups excluding tert-OH is 1. The summed E-state index contributed by atoms with van der Waals surface area (Å²) in [6.45, 7) is 5.04. The molecule has 36 heavy (non-hydrogen) atoms. The summed E-state index contributed by atoms with van der Waals surface area (Å²) < 4.78 is 39.5. The molecule has 4 aromatic rings. The first-order chi connectivity index (χ1) is 17.2. The second kappa shape index (κ2) is 10.0. The van der Waals surface area contributed by atoms with Crippen LogP contribution in [0.4, 0.5) is 0 Å². The minimum atomic E-state index is -3.97. The van der Waals surface area contributed by atoms with Crippen LogP contribution in [0.2, 0.25) is 0 Å². The average Bonchev–Trinajstić information content (AvgIpc) is 3.48. The Morgan fingerprint density at radius 2 is 1.72 bits per heavy atom. The van der Waals surface area contributed by atoms with E-state index >= 15 is 0 Å². The number of nitrogens with zero attached hydrogens (tertiary/aromatic N) is 6. The van der Waals surface area contributed by atoms with Crippen molar-refractivity contribution in [3.8, 4) is 28.7 Å². The summed E-state index contributed by atoms with van der Waals surface area (Å²) in [5.41, 5.74) is 2.46. The van der Waals surface area contributed by atoms with Crippen LogP contribution >= 0.6 is 0 Å². The number of nitrogens with one attached hydrogen (secondary N) is 1. The molecule has 0 amide bonds. The molecule has 0 bridgehead atoms. The molecule has 190 valence electrons. The van der Waals surface area contributed by atoms with Crippen LogP contribution in [-0.2, 0) is 15.6 Å². The van der Waals surface area contributed by atoms with E-state index in [9.17, 15) is 13.5 Å². The van der Waals surface area contributed by atoms with E-state index < -0.39 is 26.9 Å². The molecule has 2 atom stereocenters. The minimum absolute atomic E-state index is 0.0252.